The van der Waals surface area contributed by atoms with Gasteiger partial charge in [-0.2, -0.15) is 0 Å². The third-order valence-corrected chi connectivity index (χ3v) is 3.59. The summed E-state index contributed by atoms with van der Waals surface area (Å²) in [6.07, 6.45) is 2.26. The number of carbonyl (C=O) groups excluding carboxylic acids is 1. The Morgan fingerprint density at radius 3 is 2.86 bits per heavy atom. The largest absolute Gasteiger partial charge is 0.486 e. The normalized spacial score (nSPS) is 14.0. The highest BCUT2D eigenvalue weighted by Gasteiger charge is 2.17. The van der Waals surface area contributed by atoms with Crippen LogP contribution >= 0.6 is 24.0 Å². The lowest BCUT2D eigenvalue weighted by molar-refractivity contribution is -0.122. The molecule has 1 atom stereocenters. The molecule has 22 heavy (non-hydrogen) atoms. The fraction of sp³-hybridized carbons (Fsp3) is 0.533. The number of nitrogens with two attached hydrogens (primary N) is 1. The predicted octanol–water partition coefficient (Wildman–Crippen LogP) is 2.32. The molecule has 0 bridgehead atoms. The summed E-state index contributed by atoms with van der Waals surface area (Å²) in [7, 11) is 0. The van der Waals surface area contributed by atoms with Gasteiger partial charge >= 0.3 is 0 Å². The molecule has 0 radical (unpaired) electrons. The first-order chi connectivity index (χ1) is 10.1. The van der Waals surface area contributed by atoms with E-state index in [1.165, 1.54) is 0 Å². The third-order valence-electron chi connectivity index (χ3n) is 3.31. The smallest absolute Gasteiger partial charge is 0.236 e. The number of halogens is 2. The van der Waals surface area contributed by atoms with E-state index in [1.807, 2.05) is 19.1 Å². The first kappa shape index (κ1) is 18.9. The van der Waals surface area contributed by atoms with Crippen LogP contribution in [0.15, 0.2) is 12.1 Å². The van der Waals surface area contributed by atoms with Crippen LogP contribution in [0.2, 0.25) is 5.02 Å². The molecule has 0 spiro atoms. The summed E-state index contributed by atoms with van der Waals surface area (Å²) >= 11 is 6.17. The van der Waals surface area contributed by atoms with E-state index in [-0.39, 0.29) is 18.3 Å². The van der Waals surface area contributed by atoms with Crippen LogP contribution in [0.3, 0.4) is 0 Å². The van der Waals surface area contributed by atoms with Gasteiger partial charge in [-0.1, -0.05) is 24.9 Å². The zero-order valence-electron chi connectivity index (χ0n) is 12.6. The Bertz CT molecular complexity index is 512. The van der Waals surface area contributed by atoms with Crippen molar-refractivity contribution >= 4 is 29.9 Å². The molecular formula is C15H22Cl2N2O3. The lowest BCUT2D eigenvalue weighted by atomic mass is 10.1. The van der Waals surface area contributed by atoms with Gasteiger partial charge in [0.2, 0.25) is 5.91 Å². The van der Waals surface area contributed by atoms with Gasteiger partial charge in [0, 0.05) is 6.54 Å². The van der Waals surface area contributed by atoms with Crippen molar-refractivity contribution in [1.82, 2.24) is 5.32 Å². The topological polar surface area (TPSA) is 73.6 Å². The SMILES string of the molecule is CCCC(N)C(=O)NCCc1cc(Cl)c2c(c1)OCCO2.Cl. The Labute approximate surface area is 141 Å². The van der Waals surface area contributed by atoms with Gasteiger partial charge in [-0.25, -0.2) is 0 Å². The number of benzene rings is 1. The molecule has 1 heterocycles. The summed E-state index contributed by atoms with van der Waals surface area (Å²) in [5.41, 5.74) is 6.75. The van der Waals surface area contributed by atoms with Gasteiger partial charge in [-0.15, -0.1) is 12.4 Å². The quantitative estimate of drug-likeness (QED) is 0.827. The van der Waals surface area contributed by atoms with E-state index < -0.39 is 6.04 Å². The average Bonchev–Trinajstić information content (AvgIpc) is 2.47. The summed E-state index contributed by atoms with van der Waals surface area (Å²) in [5, 5.41) is 3.37. The second-order valence-electron chi connectivity index (χ2n) is 5.04. The number of carbonyl (C=O) groups is 1. The van der Waals surface area contributed by atoms with Crippen molar-refractivity contribution < 1.29 is 14.3 Å². The van der Waals surface area contributed by atoms with Crippen LogP contribution in [0.1, 0.15) is 25.3 Å². The maximum atomic E-state index is 11.7. The minimum Gasteiger partial charge on any atom is -0.486 e. The van der Waals surface area contributed by atoms with Gasteiger partial charge in [0.1, 0.15) is 13.2 Å². The van der Waals surface area contributed by atoms with Crippen LogP contribution in [-0.4, -0.2) is 31.7 Å². The Morgan fingerprint density at radius 1 is 1.41 bits per heavy atom. The molecule has 2 rings (SSSR count). The highest BCUT2D eigenvalue weighted by Crippen LogP contribution is 2.38. The van der Waals surface area contributed by atoms with Gasteiger partial charge in [0.05, 0.1) is 11.1 Å². The summed E-state index contributed by atoms with van der Waals surface area (Å²) < 4.78 is 11.0. The number of fused-ring (bicyclic) bond motifs is 1. The lowest BCUT2D eigenvalue weighted by Gasteiger charge is -2.20. The number of hydrogen-bond acceptors (Lipinski definition) is 4. The molecule has 0 saturated carbocycles. The molecule has 0 saturated heterocycles. The Balaban J connectivity index is 0.00000242. The number of ether oxygens (including phenoxy) is 2. The van der Waals surface area contributed by atoms with Crippen LogP contribution < -0.4 is 20.5 Å². The maximum Gasteiger partial charge on any atom is 0.236 e. The van der Waals surface area contributed by atoms with Gasteiger partial charge < -0.3 is 20.5 Å². The van der Waals surface area contributed by atoms with Crippen molar-refractivity contribution in [3.8, 4) is 11.5 Å². The van der Waals surface area contributed by atoms with Crippen LogP contribution in [0, 0.1) is 0 Å². The van der Waals surface area contributed by atoms with Crippen LogP contribution in [0.25, 0.3) is 0 Å². The molecule has 1 aliphatic rings. The van der Waals surface area contributed by atoms with Crippen molar-refractivity contribution in [2.24, 2.45) is 5.73 Å². The minimum absolute atomic E-state index is 0. The van der Waals surface area contributed by atoms with Crippen molar-refractivity contribution in [2.75, 3.05) is 19.8 Å². The van der Waals surface area contributed by atoms with E-state index in [0.717, 1.165) is 12.0 Å². The monoisotopic (exact) mass is 348 g/mol. The molecule has 5 nitrogen and oxygen atoms in total. The highest BCUT2D eigenvalue weighted by molar-refractivity contribution is 6.32. The molecular weight excluding hydrogens is 327 g/mol. The summed E-state index contributed by atoms with van der Waals surface area (Å²) in [6, 6.07) is 3.31. The lowest BCUT2D eigenvalue weighted by Crippen LogP contribution is -2.41. The highest BCUT2D eigenvalue weighted by atomic mass is 35.5. The number of nitrogens with one attached hydrogen (secondary N) is 1. The average molecular weight is 349 g/mol. The van der Waals surface area contributed by atoms with Crippen molar-refractivity contribution in [3.63, 3.8) is 0 Å². The molecule has 0 aliphatic carbocycles. The molecule has 124 valence electrons. The molecule has 0 fully saturated rings. The van der Waals surface area contributed by atoms with Crippen LogP contribution in [0.5, 0.6) is 11.5 Å². The van der Waals surface area contributed by atoms with Gasteiger partial charge in [-0.05, 0) is 30.5 Å². The Morgan fingerprint density at radius 2 is 2.14 bits per heavy atom. The standard InChI is InChI=1S/C15H21ClN2O3.ClH/c1-2-3-12(17)15(19)18-5-4-10-8-11(16)14-13(9-10)20-6-7-21-14;/h8-9,12H,2-7,17H2,1H3,(H,18,19);1H. The zero-order valence-corrected chi connectivity index (χ0v) is 14.1. The van der Waals surface area contributed by atoms with Crippen LogP contribution in [0.4, 0.5) is 0 Å². The second kappa shape index (κ2) is 9.08. The van der Waals surface area contributed by atoms with Gasteiger partial charge in [-0.3, -0.25) is 4.79 Å². The van der Waals surface area contributed by atoms with Crippen molar-refractivity contribution in [2.45, 2.75) is 32.2 Å². The first-order valence-electron chi connectivity index (χ1n) is 7.23. The van der Waals surface area contributed by atoms with Crippen LogP contribution in [-0.2, 0) is 11.2 Å². The van der Waals surface area contributed by atoms with E-state index >= 15 is 0 Å². The second-order valence-corrected chi connectivity index (χ2v) is 5.45. The van der Waals surface area contributed by atoms with E-state index in [0.29, 0.717) is 49.1 Å². The fourth-order valence-electron chi connectivity index (χ4n) is 2.21. The molecule has 1 aromatic carbocycles. The molecule has 0 aromatic heterocycles. The number of rotatable bonds is 6. The zero-order chi connectivity index (χ0) is 15.2. The Hall–Kier alpha value is -1.17. The molecule has 1 amide bonds. The van der Waals surface area contributed by atoms with E-state index in [9.17, 15) is 4.79 Å². The number of hydrogen-bond donors (Lipinski definition) is 2. The molecule has 1 aliphatic heterocycles. The summed E-state index contributed by atoms with van der Waals surface area (Å²) in [5.74, 6) is 1.15. The van der Waals surface area contributed by atoms with Gasteiger partial charge in [0.25, 0.3) is 0 Å². The summed E-state index contributed by atoms with van der Waals surface area (Å²) in [4.78, 5) is 11.7. The predicted molar refractivity (Wildman–Crippen MR) is 89.3 cm³/mol. The van der Waals surface area contributed by atoms with Crippen molar-refractivity contribution in [1.29, 1.82) is 0 Å². The third kappa shape index (κ3) is 4.93. The van der Waals surface area contributed by atoms with E-state index in [2.05, 4.69) is 5.32 Å². The molecule has 7 heteroatoms. The maximum absolute atomic E-state index is 11.7. The summed E-state index contributed by atoms with van der Waals surface area (Å²) in [6.45, 7) is 3.56. The Kier molecular flexibility index (Phi) is 7.79. The molecule has 1 aromatic rings. The molecule has 1 unspecified atom stereocenters. The molecule has 3 N–H and O–H groups in total. The van der Waals surface area contributed by atoms with E-state index in [4.69, 9.17) is 26.8 Å². The minimum atomic E-state index is -0.432. The first-order valence-corrected chi connectivity index (χ1v) is 7.61. The van der Waals surface area contributed by atoms with Crippen molar-refractivity contribution in [3.05, 3.63) is 22.7 Å². The van der Waals surface area contributed by atoms with E-state index in [1.54, 1.807) is 0 Å². The number of amides is 1. The fourth-order valence-corrected chi connectivity index (χ4v) is 2.50. The van der Waals surface area contributed by atoms with Gasteiger partial charge in [0.15, 0.2) is 11.5 Å².